The molecule has 5 nitrogen and oxygen atoms in total. The number of fused-ring (bicyclic) bond motifs is 1. The lowest BCUT2D eigenvalue weighted by Gasteiger charge is -2.03. The van der Waals surface area contributed by atoms with Crippen molar-refractivity contribution in [3.63, 3.8) is 0 Å². The number of benzene rings is 1. The van der Waals surface area contributed by atoms with Gasteiger partial charge in [0.1, 0.15) is 5.52 Å². The van der Waals surface area contributed by atoms with E-state index in [4.69, 9.17) is 4.42 Å². The molecular weight excluding hydrogens is 252 g/mol. The molecule has 0 spiro atoms. The van der Waals surface area contributed by atoms with Gasteiger partial charge < -0.3 is 9.73 Å². The molecule has 0 saturated heterocycles. The van der Waals surface area contributed by atoms with Gasteiger partial charge in [0.25, 0.3) is 0 Å². The van der Waals surface area contributed by atoms with Crippen LogP contribution in [0.4, 0.5) is 5.69 Å². The van der Waals surface area contributed by atoms with Gasteiger partial charge in [-0.15, -0.1) is 0 Å². The van der Waals surface area contributed by atoms with E-state index in [-0.39, 0.29) is 0 Å². The van der Waals surface area contributed by atoms with Crippen LogP contribution in [-0.4, -0.2) is 14.8 Å². The zero-order chi connectivity index (χ0) is 14.1. The topological polar surface area (TPSA) is 55.9 Å². The van der Waals surface area contributed by atoms with E-state index in [0.29, 0.717) is 5.92 Å². The molecule has 0 aliphatic carbocycles. The van der Waals surface area contributed by atoms with Crippen LogP contribution in [0.2, 0.25) is 0 Å². The third kappa shape index (κ3) is 2.52. The predicted octanol–water partition coefficient (Wildman–Crippen LogP) is 3.30. The molecule has 0 atom stereocenters. The highest BCUT2D eigenvalue weighted by molar-refractivity contribution is 5.77. The summed E-state index contributed by atoms with van der Waals surface area (Å²) in [4.78, 5) is 4.51. The van der Waals surface area contributed by atoms with E-state index < -0.39 is 0 Å². The van der Waals surface area contributed by atoms with Crippen molar-refractivity contribution < 1.29 is 4.42 Å². The van der Waals surface area contributed by atoms with Gasteiger partial charge in [0.15, 0.2) is 11.5 Å². The second-order valence-electron chi connectivity index (χ2n) is 5.27. The Labute approximate surface area is 117 Å². The van der Waals surface area contributed by atoms with E-state index >= 15 is 0 Å². The summed E-state index contributed by atoms with van der Waals surface area (Å²) in [6, 6.07) is 5.98. The van der Waals surface area contributed by atoms with E-state index in [1.165, 1.54) is 0 Å². The quantitative estimate of drug-likeness (QED) is 0.790. The first-order valence-electron chi connectivity index (χ1n) is 6.73. The second kappa shape index (κ2) is 5.00. The third-order valence-electron chi connectivity index (χ3n) is 3.15. The lowest BCUT2D eigenvalue weighted by Crippen LogP contribution is -1.98. The molecule has 3 aromatic rings. The number of hydrogen-bond donors (Lipinski definition) is 1. The van der Waals surface area contributed by atoms with Gasteiger partial charge in [-0.25, -0.2) is 4.98 Å². The monoisotopic (exact) mass is 270 g/mol. The van der Waals surface area contributed by atoms with Crippen LogP contribution in [0.1, 0.15) is 31.2 Å². The molecule has 2 heterocycles. The highest BCUT2D eigenvalue weighted by Crippen LogP contribution is 2.23. The predicted molar refractivity (Wildman–Crippen MR) is 78.6 cm³/mol. The first kappa shape index (κ1) is 12.7. The van der Waals surface area contributed by atoms with Crippen molar-refractivity contribution in [1.82, 2.24) is 14.8 Å². The van der Waals surface area contributed by atoms with Crippen molar-refractivity contribution >= 4 is 16.8 Å². The smallest absolute Gasteiger partial charge is 0.198 e. The van der Waals surface area contributed by atoms with Crippen LogP contribution in [0.25, 0.3) is 11.1 Å². The largest absolute Gasteiger partial charge is 0.440 e. The van der Waals surface area contributed by atoms with E-state index in [0.717, 1.165) is 34.8 Å². The van der Waals surface area contributed by atoms with Crippen LogP contribution in [0, 0.1) is 0 Å². The molecule has 0 aliphatic rings. The fourth-order valence-electron chi connectivity index (χ4n) is 2.07. The van der Waals surface area contributed by atoms with Crippen molar-refractivity contribution in [3.05, 3.63) is 42.0 Å². The summed E-state index contributed by atoms with van der Waals surface area (Å²) in [5.41, 5.74) is 3.91. The number of anilines is 1. The van der Waals surface area contributed by atoms with Crippen LogP contribution in [-0.2, 0) is 13.6 Å². The van der Waals surface area contributed by atoms with Crippen LogP contribution in [0.3, 0.4) is 0 Å². The average molecular weight is 270 g/mol. The Balaban J connectivity index is 1.78. The Kier molecular flexibility index (Phi) is 3.18. The number of aryl methyl sites for hydroxylation is 1. The van der Waals surface area contributed by atoms with Crippen LogP contribution in [0.5, 0.6) is 0 Å². The molecule has 0 aliphatic heterocycles. The molecular formula is C15H18N4O. The molecule has 104 valence electrons. The van der Waals surface area contributed by atoms with Gasteiger partial charge in [-0.1, -0.05) is 13.8 Å². The standard InChI is InChI=1S/C15H18N4O/c1-10(2)15-18-13-6-12(4-5-14(13)20-15)16-7-11-8-17-19(3)9-11/h4-6,8-10,16H,7H2,1-3H3. The van der Waals surface area contributed by atoms with Crippen LogP contribution in [0.15, 0.2) is 35.0 Å². The number of rotatable bonds is 4. The number of nitrogens with zero attached hydrogens (tertiary/aromatic N) is 3. The zero-order valence-corrected chi connectivity index (χ0v) is 11.9. The molecule has 1 N–H and O–H groups in total. The first-order valence-corrected chi connectivity index (χ1v) is 6.73. The van der Waals surface area contributed by atoms with E-state index in [1.54, 1.807) is 4.68 Å². The van der Waals surface area contributed by atoms with Gasteiger partial charge in [0, 0.05) is 37.0 Å². The SMILES string of the molecule is CC(C)c1nc2cc(NCc3cnn(C)c3)ccc2o1. The van der Waals surface area contributed by atoms with Gasteiger partial charge in [-0.2, -0.15) is 5.10 Å². The maximum absolute atomic E-state index is 5.70. The van der Waals surface area contributed by atoms with Crippen LogP contribution >= 0.6 is 0 Å². The van der Waals surface area contributed by atoms with Gasteiger partial charge in [0.2, 0.25) is 0 Å². The highest BCUT2D eigenvalue weighted by atomic mass is 16.3. The first-order chi connectivity index (χ1) is 9.61. The summed E-state index contributed by atoms with van der Waals surface area (Å²) in [6.07, 6.45) is 3.86. The Morgan fingerprint density at radius 3 is 2.90 bits per heavy atom. The van der Waals surface area contributed by atoms with E-state index in [1.807, 2.05) is 37.6 Å². The molecule has 0 unspecified atom stereocenters. The van der Waals surface area contributed by atoms with Crippen molar-refractivity contribution in [2.24, 2.45) is 7.05 Å². The molecule has 0 saturated carbocycles. The fraction of sp³-hybridized carbons (Fsp3) is 0.333. The second-order valence-corrected chi connectivity index (χ2v) is 5.27. The summed E-state index contributed by atoms with van der Waals surface area (Å²) in [5, 5.41) is 7.52. The van der Waals surface area contributed by atoms with Crippen molar-refractivity contribution in [2.45, 2.75) is 26.3 Å². The molecule has 0 bridgehead atoms. The van der Waals surface area contributed by atoms with Gasteiger partial charge in [-0.3, -0.25) is 4.68 Å². The highest BCUT2D eigenvalue weighted by Gasteiger charge is 2.09. The summed E-state index contributed by atoms with van der Waals surface area (Å²) in [6.45, 7) is 4.90. The molecule has 0 amide bonds. The summed E-state index contributed by atoms with van der Waals surface area (Å²) in [5.74, 6) is 1.08. The molecule has 5 heteroatoms. The molecule has 1 aromatic carbocycles. The average Bonchev–Trinajstić information content (AvgIpc) is 3.01. The number of aromatic nitrogens is 3. The van der Waals surface area contributed by atoms with E-state index in [9.17, 15) is 0 Å². The maximum Gasteiger partial charge on any atom is 0.198 e. The minimum absolute atomic E-state index is 0.300. The van der Waals surface area contributed by atoms with Crippen molar-refractivity contribution in [2.75, 3.05) is 5.32 Å². The summed E-state index contributed by atoms with van der Waals surface area (Å²) < 4.78 is 7.50. The Bertz CT molecular complexity index is 726. The Hall–Kier alpha value is -2.30. The normalized spacial score (nSPS) is 11.4. The Morgan fingerprint density at radius 1 is 1.35 bits per heavy atom. The van der Waals surface area contributed by atoms with Gasteiger partial charge in [0.05, 0.1) is 6.20 Å². The lowest BCUT2D eigenvalue weighted by molar-refractivity contribution is 0.501. The lowest BCUT2D eigenvalue weighted by atomic mass is 10.2. The minimum Gasteiger partial charge on any atom is -0.440 e. The zero-order valence-electron chi connectivity index (χ0n) is 11.9. The van der Waals surface area contributed by atoms with Crippen molar-refractivity contribution in [3.8, 4) is 0 Å². The summed E-state index contributed by atoms with van der Waals surface area (Å²) >= 11 is 0. The number of nitrogens with one attached hydrogen (secondary N) is 1. The molecule has 20 heavy (non-hydrogen) atoms. The summed E-state index contributed by atoms with van der Waals surface area (Å²) in [7, 11) is 1.92. The third-order valence-corrected chi connectivity index (χ3v) is 3.15. The molecule has 0 fully saturated rings. The minimum atomic E-state index is 0.300. The molecule has 2 aromatic heterocycles. The van der Waals surface area contributed by atoms with Gasteiger partial charge in [-0.05, 0) is 18.2 Å². The van der Waals surface area contributed by atoms with Crippen molar-refractivity contribution in [1.29, 1.82) is 0 Å². The molecule has 0 radical (unpaired) electrons. The molecule has 3 rings (SSSR count). The van der Waals surface area contributed by atoms with Gasteiger partial charge >= 0.3 is 0 Å². The van der Waals surface area contributed by atoms with Crippen LogP contribution < -0.4 is 5.32 Å². The Morgan fingerprint density at radius 2 is 2.20 bits per heavy atom. The van der Waals surface area contributed by atoms with E-state index in [2.05, 4.69) is 29.2 Å². The fourth-order valence-corrected chi connectivity index (χ4v) is 2.07. The number of hydrogen-bond acceptors (Lipinski definition) is 4. The number of oxazole rings is 1. The maximum atomic E-state index is 5.70.